The van der Waals surface area contributed by atoms with Crippen molar-refractivity contribution in [3.63, 3.8) is 0 Å². The van der Waals surface area contributed by atoms with Gasteiger partial charge in [-0.15, -0.1) is 0 Å². The molecule has 0 aliphatic carbocycles. The average molecular weight is 554 g/mol. The summed E-state index contributed by atoms with van der Waals surface area (Å²) in [4.78, 5) is 40.3. The first-order valence-corrected chi connectivity index (χ1v) is 13.9. The Bertz CT molecular complexity index is 1270. The van der Waals surface area contributed by atoms with Crippen molar-refractivity contribution in [1.29, 1.82) is 0 Å². The molecule has 3 amide bonds. The Morgan fingerprint density at radius 1 is 1.11 bits per heavy atom. The molecule has 0 bridgehead atoms. The highest BCUT2D eigenvalue weighted by molar-refractivity contribution is 7.90. The summed E-state index contributed by atoms with van der Waals surface area (Å²) in [6, 6.07) is 10.1. The van der Waals surface area contributed by atoms with Gasteiger partial charge in [-0.1, -0.05) is 48.3 Å². The fourth-order valence-corrected chi connectivity index (χ4v) is 6.18. The summed E-state index contributed by atoms with van der Waals surface area (Å²) >= 11 is 12.3. The van der Waals surface area contributed by atoms with E-state index in [9.17, 15) is 22.8 Å². The summed E-state index contributed by atoms with van der Waals surface area (Å²) in [6.07, 6.45) is 0.404. The third-order valence-electron chi connectivity index (χ3n) is 5.84. The van der Waals surface area contributed by atoms with Crippen molar-refractivity contribution in [1.82, 2.24) is 14.5 Å². The molecule has 1 N–H and O–H groups in total. The first-order chi connectivity index (χ1) is 17.0. The molecule has 194 valence electrons. The van der Waals surface area contributed by atoms with Gasteiger partial charge in [0.05, 0.1) is 5.56 Å². The lowest BCUT2D eigenvalue weighted by Gasteiger charge is -2.31. The first-order valence-electron chi connectivity index (χ1n) is 11.7. The number of hydrogen-bond acceptors (Lipinski definition) is 5. The number of fused-ring (bicyclic) bond motifs is 1. The molecule has 1 heterocycles. The Morgan fingerprint density at radius 2 is 1.81 bits per heavy atom. The van der Waals surface area contributed by atoms with E-state index < -0.39 is 22.0 Å². The molecule has 0 saturated heterocycles. The van der Waals surface area contributed by atoms with Crippen LogP contribution >= 0.6 is 23.2 Å². The number of rotatable bonds is 10. The molecule has 1 unspecified atom stereocenters. The van der Waals surface area contributed by atoms with E-state index in [0.717, 1.165) is 4.31 Å². The van der Waals surface area contributed by atoms with Crippen molar-refractivity contribution in [2.24, 2.45) is 0 Å². The van der Waals surface area contributed by atoms with Gasteiger partial charge >= 0.3 is 0 Å². The molecule has 1 aliphatic heterocycles. The van der Waals surface area contributed by atoms with Gasteiger partial charge in [0, 0.05) is 35.6 Å². The molecule has 0 fully saturated rings. The molecule has 3 rings (SSSR count). The molecule has 1 aliphatic rings. The van der Waals surface area contributed by atoms with E-state index in [2.05, 4.69) is 5.32 Å². The Hall–Kier alpha value is -2.62. The smallest absolute Gasteiger partial charge is 0.269 e. The summed E-state index contributed by atoms with van der Waals surface area (Å²) in [5.41, 5.74) is 0.747. The van der Waals surface area contributed by atoms with Gasteiger partial charge in [0.25, 0.3) is 15.9 Å². The van der Waals surface area contributed by atoms with Crippen LogP contribution in [0.4, 0.5) is 0 Å². The second-order valence-corrected chi connectivity index (χ2v) is 11.5. The topological polar surface area (TPSA) is 104 Å². The van der Waals surface area contributed by atoms with Crippen molar-refractivity contribution in [3.05, 3.63) is 63.6 Å². The van der Waals surface area contributed by atoms with Crippen LogP contribution in [0.15, 0.2) is 47.4 Å². The van der Waals surface area contributed by atoms with Crippen molar-refractivity contribution in [2.75, 3.05) is 6.54 Å². The number of carbonyl (C=O) groups excluding carboxylic acids is 3. The minimum absolute atomic E-state index is 0.0308. The quantitative estimate of drug-likeness (QED) is 0.473. The Morgan fingerprint density at radius 3 is 2.42 bits per heavy atom. The maximum absolute atomic E-state index is 13.4. The zero-order valence-corrected chi connectivity index (χ0v) is 22.7. The highest BCUT2D eigenvalue weighted by Gasteiger charge is 2.40. The summed E-state index contributed by atoms with van der Waals surface area (Å²) in [7, 11) is -3.96. The van der Waals surface area contributed by atoms with E-state index in [1.54, 1.807) is 37.3 Å². The van der Waals surface area contributed by atoms with Crippen molar-refractivity contribution in [2.45, 2.75) is 63.6 Å². The molecule has 11 heteroatoms. The van der Waals surface area contributed by atoms with Gasteiger partial charge in [0.2, 0.25) is 11.8 Å². The second kappa shape index (κ2) is 11.6. The lowest BCUT2D eigenvalue weighted by Crippen LogP contribution is -2.50. The lowest BCUT2D eigenvalue weighted by molar-refractivity contribution is -0.141. The number of amides is 3. The van der Waals surface area contributed by atoms with Crippen molar-refractivity contribution in [3.8, 4) is 0 Å². The summed E-state index contributed by atoms with van der Waals surface area (Å²) in [5, 5.41) is 3.66. The summed E-state index contributed by atoms with van der Waals surface area (Å²) in [6.45, 7) is 5.40. The van der Waals surface area contributed by atoms with Crippen molar-refractivity contribution < 1.29 is 22.8 Å². The fourth-order valence-electron chi connectivity index (χ4n) is 4.10. The van der Waals surface area contributed by atoms with Gasteiger partial charge in [-0.3, -0.25) is 14.4 Å². The third-order valence-corrected chi connectivity index (χ3v) is 8.26. The first kappa shape index (κ1) is 28.0. The molecular weight excluding hydrogens is 525 g/mol. The van der Waals surface area contributed by atoms with E-state index in [-0.39, 0.29) is 54.2 Å². The second-order valence-electron chi connectivity index (χ2n) is 8.83. The van der Waals surface area contributed by atoms with Gasteiger partial charge in [-0.05, 0) is 56.5 Å². The number of hydrogen-bond donors (Lipinski definition) is 1. The van der Waals surface area contributed by atoms with Gasteiger partial charge in [0.15, 0.2) is 0 Å². The largest absolute Gasteiger partial charge is 0.352 e. The SMILES string of the molecule is CCC(C(=O)NC(C)C)N(Cc1ccc(Cl)cc1Cl)C(=O)CCCN1C(=O)c2ccccc2S1(=O)=O. The molecule has 2 aromatic carbocycles. The highest BCUT2D eigenvalue weighted by atomic mass is 35.5. The highest BCUT2D eigenvalue weighted by Crippen LogP contribution is 2.30. The molecular formula is C25H29Cl2N3O5S. The minimum atomic E-state index is -3.96. The van der Waals surface area contributed by atoms with Gasteiger partial charge in [-0.25, -0.2) is 12.7 Å². The van der Waals surface area contributed by atoms with Crippen LogP contribution in [0.5, 0.6) is 0 Å². The predicted molar refractivity (Wildman–Crippen MR) is 138 cm³/mol. The third kappa shape index (κ3) is 6.02. The van der Waals surface area contributed by atoms with Crippen LogP contribution in [0.3, 0.4) is 0 Å². The normalized spacial score (nSPS) is 15.1. The van der Waals surface area contributed by atoms with Crippen molar-refractivity contribution >= 4 is 50.9 Å². The van der Waals surface area contributed by atoms with Gasteiger partial charge < -0.3 is 10.2 Å². The van der Waals surface area contributed by atoms with Crippen LogP contribution in [0, 0.1) is 0 Å². The van der Waals surface area contributed by atoms with Crippen LogP contribution in [0.25, 0.3) is 0 Å². The Labute approximate surface area is 221 Å². The van der Waals surface area contributed by atoms with E-state index >= 15 is 0 Å². The number of nitrogens with one attached hydrogen (secondary N) is 1. The molecule has 2 aromatic rings. The van der Waals surface area contributed by atoms with Gasteiger partial charge in [-0.2, -0.15) is 0 Å². The number of nitrogens with zero attached hydrogens (tertiary/aromatic N) is 2. The summed E-state index contributed by atoms with van der Waals surface area (Å²) < 4.78 is 26.4. The molecule has 8 nitrogen and oxygen atoms in total. The number of benzene rings is 2. The number of halogens is 2. The van der Waals surface area contributed by atoms with Gasteiger partial charge in [0.1, 0.15) is 10.9 Å². The minimum Gasteiger partial charge on any atom is -0.352 e. The zero-order chi connectivity index (χ0) is 26.6. The Balaban J connectivity index is 1.77. The van der Waals surface area contributed by atoms with Crippen LogP contribution in [-0.4, -0.2) is 54.0 Å². The van der Waals surface area contributed by atoms with E-state index in [4.69, 9.17) is 23.2 Å². The molecule has 0 saturated carbocycles. The summed E-state index contributed by atoms with van der Waals surface area (Å²) in [5.74, 6) is -1.25. The molecule has 36 heavy (non-hydrogen) atoms. The number of carbonyl (C=O) groups is 3. The molecule has 0 spiro atoms. The lowest BCUT2D eigenvalue weighted by atomic mass is 10.1. The average Bonchev–Trinajstić information content (AvgIpc) is 3.00. The molecule has 0 aromatic heterocycles. The number of sulfonamides is 1. The van der Waals surface area contributed by atoms with Crippen LogP contribution in [0.2, 0.25) is 10.0 Å². The van der Waals surface area contributed by atoms with E-state index in [1.165, 1.54) is 17.0 Å². The molecule has 0 radical (unpaired) electrons. The van der Waals surface area contributed by atoms with E-state index in [0.29, 0.717) is 22.0 Å². The maximum Gasteiger partial charge on any atom is 0.269 e. The standard InChI is InChI=1S/C25H29Cl2N3O5S/c1-4-21(24(32)28-16(2)3)29(15-17-11-12-18(26)14-20(17)27)23(31)10-7-13-30-25(33)19-8-5-6-9-22(19)36(30,34)35/h5-6,8-9,11-12,14,16,21H,4,7,10,13,15H2,1-3H3,(H,28,32). The monoisotopic (exact) mass is 553 g/mol. The van der Waals surface area contributed by atoms with Crippen LogP contribution < -0.4 is 5.32 Å². The molecule has 1 atom stereocenters. The predicted octanol–water partition coefficient (Wildman–Crippen LogP) is 4.25. The fraction of sp³-hybridized carbons (Fsp3) is 0.400. The Kier molecular flexibility index (Phi) is 9.03. The van der Waals surface area contributed by atoms with E-state index in [1.807, 2.05) is 13.8 Å². The maximum atomic E-state index is 13.4. The zero-order valence-electron chi connectivity index (χ0n) is 20.3. The van der Waals surface area contributed by atoms with Crippen LogP contribution in [-0.2, 0) is 26.2 Å². The van der Waals surface area contributed by atoms with Crippen LogP contribution in [0.1, 0.15) is 56.0 Å².